The molecule has 0 heterocycles. The van der Waals surface area contributed by atoms with E-state index >= 15 is 0 Å². The van der Waals surface area contributed by atoms with Gasteiger partial charge in [-0.3, -0.25) is 0 Å². The number of carboxylic acid groups (broad SMARTS) is 1. The average molecular weight is 343 g/mol. The summed E-state index contributed by atoms with van der Waals surface area (Å²) in [6.07, 6.45) is 0. The largest absolute Gasteiger partial charge is 0.491 e. The van der Waals surface area contributed by atoms with Crippen LogP contribution in [0.4, 0.5) is 5.69 Å². The first-order chi connectivity index (χ1) is 11.7. The molecule has 1 aromatic rings. The van der Waals surface area contributed by atoms with Crippen molar-refractivity contribution in [3.8, 4) is 5.75 Å². The smallest absolute Gasteiger partial charge is 0.329 e. The summed E-state index contributed by atoms with van der Waals surface area (Å²) in [5.74, 6) is -0.231. The lowest BCUT2D eigenvalue weighted by Crippen LogP contribution is -2.15. The molecular formula is C16H25NO7. The Kier molecular flexibility index (Phi) is 11.4. The molecule has 1 rings (SSSR count). The van der Waals surface area contributed by atoms with Crippen molar-refractivity contribution in [3.63, 3.8) is 0 Å². The van der Waals surface area contributed by atoms with Crippen LogP contribution >= 0.6 is 0 Å². The molecule has 24 heavy (non-hydrogen) atoms. The molecular weight excluding hydrogens is 318 g/mol. The van der Waals surface area contributed by atoms with E-state index in [1.165, 1.54) is 0 Å². The molecule has 0 spiro atoms. The quantitative estimate of drug-likeness (QED) is 0.355. The van der Waals surface area contributed by atoms with E-state index in [9.17, 15) is 4.79 Å². The molecule has 0 atom stereocenters. The minimum absolute atomic E-state index is 0.253. The van der Waals surface area contributed by atoms with Gasteiger partial charge in [0.1, 0.15) is 19.0 Å². The summed E-state index contributed by atoms with van der Waals surface area (Å²) >= 11 is 0. The molecule has 8 nitrogen and oxygen atoms in total. The van der Waals surface area contributed by atoms with Crippen LogP contribution in [0.3, 0.4) is 0 Å². The lowest BCUT2D eigenvalue weighted by Gasteiger charge is -2.08. The van der Waals surface area contributed by atoms with Gasteiger partial charge in [0.25, 0.3) is 0 Å². The van der Waals surface area contributed by atoms with Crippen molar-refractivity contribution < 1.29 is 33.6 Å². The van der Waals surface area contributed by atoms with Gasteiger partial charge in [-0.25, -0.2) is 4.79 Å². The van der Waals surface area contributed by atoms with E-state index in [2.05, 4.69) is 0 Å². The summed E-state index contributed by atoms with van der Waals surface area (Å²) in [7, 11) is 0. The van der Waals surface area contributed by atoms with Gasteiger partial charge in [-0.05, 0) is 24.3 Å². The minimum Gasteiger partial charge on any atom is -0.491 e. The molecule has 1 aromatic carbocycles. The zero-order valence-electron chi connectivity index (χ0n) is 13.6. The van der Waals surface area contributed by atoms with Crippen LogP contribution in [0.5, 0.6) is 5.75 Å². The molecule has 0 aliphatic heterocycles. The summed E-state index contributed by atoms with van der Waals surface area (Å²) in [6.45, 7) is 3.06. The van der Waals surface area contributed by atoms with Crippen molar-refractivity contribution in [2.45, 2.75) is 0 Å². The first kappa shape index (κ1) is 20.2. The topological polar surface area (TPSA) is 109 Å². The second-order valence-corrected chi connectivity index (χ2v) is 4.70. The second-order valence-electron chi connectivity index (χ2n) is 4.70. The fourth-order valence-corrected chi connectivity index (χ4v) is 1.60. The number of anilines is 1. The van der Waals surface area contributed by atoms with Crippen molar-refractivity contribution in [1.82, 2.24) is 0 Å². The Morgan fingerprint density at radius 1 is 0.792 bits per heavy atom. The Bertz CT molecular complexity index is 439. The maximum Gasteiger partial charge on any atom is 0.329 e. The fraction of sp³-hybridized carbons (Fsp3) is 0.562. The Morgan fingerprint density at radius 2 is 1.25 bits per heavy atom. The number of hydrogen-bond acceptors (Lipinski definition) is 7. The number of carboxylic acids is 1. The third-order valence-corrected chi connectivity index (χ3v) is 2.72. The molecule has 0 fully saturated rings. The summed E-state index contributed by atoms with van der Waals surface area (Å²) < 4.78 is 26.2. The van der Waals surface area contributed by atoms with Crippen LogP contribution < -0.4 is 10.5 Å². The lowest BCUT2D eigenvalue weighted by atomic mass is 10.3. The van der Waals surface area contributed by atoms with Crippen LogP contribution in [0.25, 0.3) is 0 Å². The van der Waals surface area contributed by atoms with Crippen molar-refractivity contribution >= 4 is 11.7 Å². The van der Waals surface area contributed by atoms with Gasteiger partial charge in [-0.1, -0.05) is 0 Å². The minimum atomic E-state index is -0.989. The molecule has 0 aliphatic carbocycles. The predicted octanol–water partition coefficient (Wildman–Crippen LogP) is 0.799. The molecule has 0 amide bonds. The summed E-state index contributed by atoms with van der Waals surface area (Å²) in [5.41, 5.74) is 6.28. The van der Waals surface area contributed by atoms with Gasteiger partial charge in [0.05, 0.1) is 46.2 Å². The molecule has 0 radical (unpaired) electrons. The van der Waals surface area contributed by atoms with E-state index in [1.807, 2.05) is 12.1 Å². The average Bonchev–Trinajstić information content (AvgIpc) is 2.56. The number of carbonyl (C=O) groups is 1. The Balaban J connectivity index is 1.77. The van der Waals surface area contributed by atoms with E-state index in [1.54, 1.807) is 12.1 Å². The predicted molar refractivity (Wildman–Crippen MR) is 87.3 cm³/mol. The number of hydrogen-bond donors (Lipinski definition) is 2. The van der Waals surface area contributed by atoms with Crippen molar-refractivity contribution in [1.29, 1.82) is 0 Å². The lowest BCUT2D eigenvalue weighted by molar-refractivity contribution is -0.142. The van der Waals surface area contributed by atoms with Crippen molar-refractivity contribution in [2.75, 3.05) is 65.2 Å². The number of aliphatic carboxylic acids is 1. The molecule has 136 valence electrons. The normalized spacial score (nSPS) is 10.7. The molecule has 3 N–H and O–H groups in total. The Labute approximate surface area is 141 Å². The number of nitrogens with two attached hydrogens (primary N) is 1. The molecule has 8 heteroatoms. The molecule has 0 unspecified atom stereocenters. The third kappa shape index (κ3) is 11.7. The molecule has 0 bridgehead atoms. The van der Waals surface area contributed by atoms with E-state index in [0.717, 1.165) is 5.75 Å². The van der Waals surface area contributed by atoms with Gasteiger partial charge in [0.2, 0.25) is 0 Å². The van der Waals surface area contributed by atoms with Gasteiger partial charge in [0, 0.05) is 5.69 Å². The van der Waals surface area contributed by atoms with E-state index < -0.39 is 5.97 Å². The number of nitrogen functional groups attached to an aromatic ring is 1. The maximum atomic E-state index is 10.2. The van der Waals surface area contributed by atoms with Crippen molar-refractivity contribution in [3.05, 3.63) is 24.3 Å². The Morgan fingerprint density at radius 3 is 1.75 bits per heavy atom. The first-order valence-corrected chi connectivity index (χ1v) is 7.69. The van der Waals surface area contributed by atoms with E-state index in [0.29, 0.717) is 51.9 Å². The molecule has 0 aliphatic rings. The SMILES string of the molecule is Nc1ccc(OCCOCCOCCOCCOCC(=O)O)cc1. The number of benzene rings is 1. The van der Waals surface area contributed by atoms with Gasteiger partial charge >= 0.3 is 5.97 Å². The molecule has 0 aromatic heterocycles. The zero-order valence-corrected chi connectivity index (χ0v) is 13.6. The molecule has 0 saturated heterocycles. The highest BCUT2D eigenvalue weighted by Gasteiger charge is 1.97. The van der Waals surface area contributed by atoms with Gasteiger partial charge < -0.3 is 34.5 Å². The third-order valence-electron chi connectivity index (χ3n) is 2.72. The highest BCUT2D eigenvalue weighted by molar-refractivity contribution is 5.67. The standard InChI is InChI=1S/C16H25NO7/c17-14-1-3-15(4-2-14)24-12-11-22-8-7-20-5-6-21-9-10-23-13-16(18)19/h1-4H,5-13,17H2,(H,18,19). The van der Waals surface area contributed by atoms with Gasteiger partial charge in [-0.15, -0.1) is 0 Å². The summed E-state index contributed by atoms with van der Waals surface area (Å²) in [4.78, 5) is 10.2. The highest BCUT2D eigenvalue weighted by atomic mass is 16.6. The van der Waals surface area contributed by atoms with Crippen LogP contribution in [-0.2, 0) is 23.7 Å². The highest BCUT2D eigenvalue weighted by Crippen LogP contribution is 2.12. The van der Waals surface area contributed by atoms with Crippen LogP contribution in [0, 0.1) is 0 Å². The summed E-state index contributed by atoms with van der Waals surface area (Å²) in [6, 6.07) is 7.19. The van der Waals surface area contributed by atoms with Crippen LogP contribution in [0.15, 0.2) is 24.3 Å². The fourth-order valence-electron chi connectivity index (χ4n) is 1.60. The van der Waals surface area contributed by atoms with Crippen LogP contribution in [0.2, 0.25) is 0 Å². The maximum absolute atomic E-state index is 10.2. The Hall–Kier alpha value is -1.87. The second kappa shape index (κ2) is 13.6. The zero-order chi connectivity index (χ0) is 17.5. The van der Waals surface area contributed by atoms with Crippen molar-refractivity contribution in [2.24, 2.45) is 0 Å². The number of ether oxygens (including phenoxy) is 5. The van der Waals surface area contributed by atoms with Gasteiger partial charge in [-0.2, -0.15) is 0 Å². The van der Waals surface area contributed by atoms with E-state index in [-0.39, 0.29) is 13.2 Å². The summed E-state index contributed by atoms with van der Waals surface area (Å²) in [5, 5.41) is 8.35. The van der Waals surface area contributed by atoms with Crippen LogP contribution in [0.1, 0.15) is 0 Å². The van der Waals surface area contributed by atoms with E-state index in [4.69, 9.17) is 34.5 Å². The monoisotopic (exact) mass is 343 g/mol. The van der Waals surface area contributed by atoms with Crippen LogP contribution in [-0.4, -0.2) is 70.5 Å². The molecule has 0 saturated carbocycles. The van der Waals surface area contributed by atoms with Gasteiger partial charge in [0.15, 0.2) is 0 Å². The first-order valence-electron chi connectivity index (χ1n) is 7.69. The number of rotatable bonds is 15.